The first-order valence-corrected chi connectivity index (χ1v) is 10.9. The van der Waals surface area contributed by atoms with E-state index in [1.54, 1.807) is 0 Å². The van der Waals surface area contributed by atoms with Crippen molar-refractivity contribution < 1.29 is 30.0 Å². The molecule has 0 aliphatic heterocycles. The van der Waals surface area contributed by atoms with Crippen molar-refractivity contribution in [3.8, 4) is 0 Å². The van der Waals surface area contributed by atoms with E-state index in [0.29, 0.717) is 25.7 Å². The maximum Gasteiger partial charge on any atom is 0.332 e. The summed E-state index contributed by atoms with van der Waals surface area (Å²) in [5, 5.41) is 36.4. The summed E-state index contributed by atoms with van der Waals surface area (Å²) in [6.07, 6.45) is 13.8. The van der Waals surface area contributed by atoms with Crippen molar-refractivity contribution >= 4 is 11.9 Å². The highest BCUT2D eigenvalue weighted by Gasteiger charge is 2.19. The number of aliphatic carboxylic acids is 2. The van der Waals surface area contributed by atoms with E-state index in [2.05, 4.69) is 0 Å². The van der Waals surface area contributed by atoms with Crippen molar-refractivity contribution in [2.45, 2.75) is 103 Å². The Kier molecular flexibility index (Phi) is 18.0. The summed E-state index contributed by atoms with van der Waals surface area (Å²) in [4.78, 5) is 23.1. The topological polar surface area (TPSA) is 115 Å². The zero-order chi connectivity index (χ0) is 21.0. The van der Waals surface area contributed by atoms with Gasteiger partial charge in [0.05, 0.1) is 0 Å². The van der Waals surface area contributed by atoms with Gasteiger partial charge < -0.3 is 20.4 Å². The number of carboxylic acids is 2. The van der Waals surface area contributed by atoms with Crippen molar-refractivity contribution in [1.82, 2.24) is 0 Å². The highest BCUT2D eigenvalue weighted by Crippen LogP contribution is 2.21. The lowest BCUT2D eigenvalue weighted by molar-refractivity contribution is -0.136. The molecule has 0 radical (unpaired) electrons. The van der Waals surface area contributed by atoms with E-state index in [4.69, 9.17) is 10.2 Å². The van der Waals surface area contributed by atoms with Gasteiger partial charge in [0.2, 0.25) is 0 Å². The van der Waals surface area contributed by atoms with Crippen LogP contribution in [0.3, 0.4) is 0 Å². The van der Waals surface area contributed by atoms with Crippen LogP contribution in [0.5, 0.6) is 0 Å². The molecule has 0 aliphatic carbocycles. The van der Waals surface area contributed by atoms with Crippen molar-refractivity contribution in [3.05, 3.63) is 11.1 Å². The molecular formula is C22H40O6. The second-order valence-corrected chi connectivity index (χ2v) is 7.46. The molecule has 0 bridgehead atoms. The molecule has 6 nitrogen and oxygen atoms in total. The molecule has 4 N–H and O–H groups in total. The Morgan fingerprint density at radius 1 is 0.429 bits per heavy atom. The molecule has 0 aliphatic rings. The Hall–Kier alpha value is -1.40. The Morgan fingerprint density at radius 2 is 0.679 bits per heavy atom. The zero-order valence-corrected chi connectivity index (χ0v) is 17.3. The van der Waals surface area contributed by atoms with Crippen LogP contribution in [0.4, 0.5) is 0 Å². The number of carbonyl (C=O) groups is 2. The first kappa shape index (κ1) is 26.6. The fourth-order valence-corrected chi connectivity index (χ4v) is 3.37. The normalized spacial score (nSPS) is 12.1. The minimum atomic E-state index is -1.11. The highest BCUT2D eigenvalue weighted by molar-refractivity contribution is 5.98. The van der Waals surface area contributed by atoms with Gasteiger partial charge in [-0.15, -0.1) is 0 Å². The maximum absolute atomic E-state index is 11.6. The van der Waals surface area contributed by atoms with E-state index in [-0.39, 0.29) is 24.4 Å². The van der Waals surface area contributed by atoms with Gasteiger partial charge in [-0.1, -0.05) is 64.2 Å². The summed E-state index contributed by atoms with van der Waals surface area (Å²) >= 11 is 0. The summed E-state index contributed by atoms with van der Waals surface area (Å²) in [6.45, 7) is 0.461. The van der Waals surface area contributed by atoms with Crippen LogP contribution in [0, 0.1) is 0 Å². The highest BCUT2D eigenvalue weighted by atomic mass is 16.4. The molecule has 0 fully saturated rings. The van der Waals surface area contributed by atoms with E-state index >= 15 is 0 Å². The van der Waals surface area contributed by atoms with E-state index < -0.39 is 11.9 Å². The fraction of sp³-hybridized carbons (Fsp3) is 0.818. The van der Waals surface area contributed by atoms with Gasteiger partial charge in [-0.3, -0.25) is 0 Å². The summed E-state index contributed by atoms with van der Waals surface area (Å²) in [6, 6.07) is 0. The number of aliphatic hydroxyl groups is 2. The van der Waals surface area contributed by atoms with Crippen LogP contribution in [-0.2, 0) is 9.59 Å². The molecule has 164 valence electrons. The molecule has 0 amide bonds. The molecule has 0 rings (SSSR count). The lowest BCUT2D eigenvalue weighted by Crippen LogP contribution is -2.12. The number of unbranched alkanes of at least 4 members (excludes halogenated alkanes) is 12. The third-order valence-electron chi connectivity index (χ3n) is 5.05. The van der Waals surface area contributed by atoms with Crippen molar-refractivity contribution in [3.63, 3.8) is 0 Å². The number of aliphatic hydroxyl groups excluding tert-OH is 2. The predicted molar refractivity (Wildman–Crippen MR) is 110 cm³/mol. The minimum Gasteiger partial charge on any atom is -0.478 e. The Labute approximate surface area is 169 Å². The van der Waals surface area contributed by atoms with Gasteiger partial charge in [0, 0.05) is 24.4 Å². The smallest absolute Gasteiger partial charge is 0.332 e. The third-order valence-corrected chi connectivity index (χ3v) is 5.05. The quantitative estimate of drug-likeness (QED) is 0.174. The van der Waals surface area contributed by atoms with Crippen molar-refractivity contribution in [2.24, 2.45) is 0 Å². The van der Waals surface area contributed by atoms with Crippen LogP contribution < -0.4 is 0 Å². The van der Waals surface area contributed by atoms with Crippen molar-refractivity contribution in [1.29, 1.82) is 0 Å². The summed E-state index contributed by atoms with van der Waals surface area (Å²) in [5.41, 5.74) is 0.131. The zero-order valence-electron chi connectivity index (χ0n) is 17.3. The molecule has 0 aromatic carbocycles. The fourth-order valence-electron chi connectivity index (χ4n) is 3.37. The number of rotatable bonds is 20. The summed E-state index contributed by atoms with van der Waals surface area (Å²) < 4.78 is 0. The Morgan fingerprint density at radius 3 is 0.929 bits per heavy atom. The Balaban J connectivity index is 4.26. The van der Waals surface area contributed by atoms with Crippen LogP contribution in [-0.4, -0.2) is 45.6 Å². The standard InChI is InChI=1S/C22H40O6/c23-17-13-9-5-1-3-7-11-15-19(21(25)26)20(22(27)28)16-12-8-4-2-6-10-14-18-24/h23-24H,1-18H2,(H,25,26)(H,27,28)/b20-19-. The van der Waals surface area contributed by atoms with Crippen LogP contribution in [0.1, 0.15) is 103 Å². The average molecular weight is 401 g/mol. The van der Waals surface area contributed by atoms with Gasteiger partial charge in [0.15, 0.2) is 0 Å². The lowest BCUT2D eigenvalue weighted by atomic mass is 9.96. The van der Waals surface area contributed by atoms with Gasteiger partial charge in [0.25, 0.3) is 0 Å². The summed E-state index contributed by atoms with van der Waals surface area (Å²) in [5.74, 6) is -2.21. The first-order chi connectivity index (χ1) is 13.5. The van der Waals surface area contributed by atoms with E-state index in [0.717, 1.165) is 77.0 Å². The third kappa shape index (κ3) is 14.6. The van der Waals surface area contributed by atoms with Gasteiger partial charge in [-0.05, 0) is 38.5 Å². The first-order valence-electron chi connectivity index (χ1n) is 10.9. The molecule has 0 heterocycles. The maximum atomic E-state index is 11.6. The van der Waals surface area contributed by atoms with Gasteiger partial charge in [0.1, 0.15) is 0 Å². The number of hydrogen-bond donors (Lipinski definition) is 4. The number of hydrogen-bond acceptors (Lipinski definition) is 4. The van der Waals surface area contributed by atoms with Gasteiger partial charge in [-0.25, -0.2) is 9.59 Å². The van der Waals surface area contributed by atoms with Gasteiger partial charge >= 0.3 is 11.9 Å². The molecule has 0 saturated heterocycles. The predicted octanol–water partition coefficient (Wildman–Crippen LogP) is 4.68. The molecule has 6 heteroatoms. The molecule has 0 unspecified atom stereocenters. The molecule has 0 spiro atoms. The largest absolute Gasteiger partial charge is 0.478 e. The monoisotopic (exact) mass is 400 g/mol. The average Bonchev–Trinajstić information content (AvgIpc) is 2.66. The molecule has 0 atom stereocenters. The Bertz CT molecular complexity index is 404. The van der Waals surface area contributed by atoms with Crippen LogP contribution in [0.15, 0.2) is 11.1 Å². The second kappa shape index (κ2) is 18.9. The number of carboxylic acid groups (broad SMARTS) is 2. The molecule has 0 aromatic heterocycles. The molecular weight excluding hydrogens is 360 g/mol. The second-order valence-electron chi connectivity index (χ2n) is 7.46. The van der Waals surface area contributed by atoms with Gasteiger partial charge in [-0.2, -0.15) is 0 Å². The van der Waals surface area contributed by atoms with Crippen LogP contribution in [0.25, 0.3) is 0 Å². The van der Waals surface area contributed by atoms with Crippen LogP contribution >= 0.6 is 0 Å². The van der Waals surface area contributed by atoms with E-state index in [1.807, 2.05) is 0 Å². The molecule has 0 aromatic rings. The van der Waals surface area contributed by atoms with Crippen molar-refractivity contribution in [2.75, 3.05) is 13.2 Å². The lowest BCUT2D eigenvalue weighted by Gasteiger charge is -2.09. The SMILES string of the molecule is O=C(O)/C(CCCCCCCCCO)=C(/CCCCCCCCCO)C(=O)O. The van der Waals surface area contributed by atoms with Crippen LogP contribution in [0.2, 0.25) is 0 Å². The minimum absolute atomic E-state index is 0.0655. The van der Waals surface area contributed by atoms with E-state index in [1.165, 1.54) is 0 Å². The summed E-state index contributed by atoms with van der Waals surface area (Å²) in [7, 11) is 0. The molecule has 0 saturated carbocycles. The van der Waals surface area contributed by atoms with E-state index in [9.17, 15) is 19.8 Å². The molecule has 28 heavy (non-hydrogen) atoms.